The second-order valence-corrected chi connectivity index (χ2v) is 1.89. The Morgan fingerprint density at radius 1 is 1.70 bits per heavy atom. The molecular formula is C7H8N2O. The van der Waals surface area contributed by atoms with Crippen LogP contribution in [0.15, 0.2) is 28.9 Å². The molecule has 0 aromatic heterocycles. The molecule has 0 aromatic rings. The van der Waals surface area contributed by atoms with Gasteiger partial charge in [0.25, 0.3) is 5.91 Å². The number of carbonyl (C=O) groups excluding carboxylic acids is 1. The van der Waals surface area contributed by atoms with Crippen LogP contribution in [0, 0.1) is 0 Å². The van der Waals surface area contributed by atoms with Gasteiger partial charge in [-0.05, 0) is 6.08 Å². The molecule has 10 heavy (non-hydrogen) atoms. The first-order chi connectivity index (χ1) is 4.80. The van der Waals surface area contributed by atoms with Crippen molar-refractivity contribution in [2.45, 2.75) is 6.42 Å². The lowest BCUT2D eigenvalue weighted by atomic mass is 10.3. The zero-order valence-corrected chi connectivity index (χ0v) is 5.45. The molecule has 0 bridgehead atoms. The zero-order chi connectivity index (χ0) is 7.40. The Balaban J connectivity index is 2.83. The topological polar surface area (TPSA) is 55.5 Å². The van der Waals surface area contributed by atoms with Crippen molar-refractivity contribution in [1.29, 1.82) is 0 Å². The van der Waals surface area contributed by atoms with E-state index in [0.717, 1.165) is 6.42 Å². The van der Waals surface area contributed by atoms with Crippen LogP contribution in [0.25, 0.3) is 0 Å². The molecular weight excluding hydrogens is 128 g/mol. The number of carbonyl (C=O) groups is 1. The number of nitrogens with two attached hydrogens (primary N) is 1. The number of amides is 1. The minimum Gasteiger partial charge on any atom is -0.364 e. The number of primary amides is 1. The van der Waals surface area contributed by atoms with Gasteiger partial charge in [0.05, 0.1) is 0 Å². The molecule has 0 atom stereocenters. The number of hydrogen-bond donors (Lipinski definition) is 1. The molecule has 1 heterocycles. The lowest BCUT2D eigenvalue weighted by Crippen LogP contribution is -2.12. The third-order valence-electron chi connectivity index (χ3n) is 1.11. The van der Waals surface area contributed by atoms with Crippen molar-refractivity contribution in [1.82, 2.24) is 0 Å². The molecule has 0 unspecified atom stereocenters. The number of nitrogens with zero attached hydrogens (tertiary/aromatic N) is 1. The first-order valence-corrected chi connectivity index (χ1v) is 3.00. The van der Waals surface area contributed by atoms with Gasteiger partial charge < -0.3 is 5.73 Å². The van der Waals surface area contributed by atoms with E-state index in [4.69, 9.17) is 5.73 Å². The van der Waals surface area contributed by atoms with Gasteiger partial charge in [0.1, 0.15) is 5.70 Å². The Hall–Kier alpha value is -1.38. The second kappa shape index (κ2) is 2.96. The normalized spacial score (nSPS) is 16.2. The first kappa shape index (κ1) is 6.74. The van der Waals surface area contributed by atoms with Crippen molar-refractivity contribution in [2.24, 2.45) is 10.7 Å². The van der Waals surface area contributed by atoms with E-state index in [1.54, 1.807) is 18.4 Å². The molecule has 1 aliphatic rings. The van der Waals surface area contributed by atoms with Crippen LogP contribution in [0.1, 0.15) is 6.42 Å². The molecule has 1 aliphatic heterocycles. The fourth-order valence-corrected chi connectivity index (χ4v) is 0.638. The van der Waals surface area contributed by atoms with Crippen molar-refractivity contribution in [3.05, 3.63) is 23.9 Å². The van der Waals surface area contributed by atoms with Gasteiger partial charge in [-0.2, -0.15) is 0 Å². The summed E-state index contributed by atoms with van der Waals surface area (Å²) in [7, 11) is 0. The molecule has 0 aromatic carbocycles. The summed E-state index contributed by atoms with van der Waals surface area (Å²) in [5.41, 5.74) is 5.30. The van der Waals surface area contributed by atoms with Crippen molar-refractivity contribution >= 4 is 12.1 Å². The van der Waals surface area contributed by atoms with E-state index in [1.807, 2.05) is 6.08 Å². The lowest BCUT2D eigenvalue weighted by Gasteiger charge is -1.89. The number of allylic oxidation sites excluding steroid dienone is 3. The lowest BCUT2D eigenvalue weighted by molar-refractivity contribution is -0.114. The molecule has 52 valence electrons. The summed E-state index contributed by atoms with van der Waals surface area (Å²) in [6, 6.07) is 0. The van der Waals surface area contributed by atoms with E-state index in [1.165, 1.54) is 0 Å². The molecule has 0 radical (unpaired) electrons. The van der Waals surface area contributed by atoms with Crippen molar-refractivity contribution in [3.8, 4) is 0 Å². The van der Waals surface area contributed by atoms with Gasteiger partial charge in [-0.3, -0.25) is 9.79 Å². The molecule has 0 aliphatic carbocycles. The quantitative estimate of drug-likeness (QED) is 0.556. The van der Waals surface area contributed by atoms with Gasteiger partial charge >= 0.3 is 0 Å². The van der Waals surface area contributed by atoms with Crippen LogP contribution < -0.4 is 5.73 Å². The molecule has 0 saturated heterocycles. The maximum absolute atomic E-state index is 10.5. The van der Waals surface area contributed by atoms with Crippen molar-refractivity contribution < 1.29 is 4.79 Å². The minimum atomic E-state index is -0.484. The number of aliphatic imine (C=N–C) groups is 1. The summed E-state index contributed by atoms with van der Waals surface area (Å²) in [6.07, 6.45) is 7.69. The maximum atomic E-state index is 10.5. The molecule has 0 saturated carbocycles. The highest BCUT2D eigenvalue weighted by atomic mass is 16.1. The second-order valence-electron chi connectivity index (χ2n) is 1.89. The van der Waals surface area contributed by atoms with E-state index in [-0.39, 0.29) is 0 Å². The summed E-state index contributed by atoms with van der Waals surface area (Å²) in [5, 5.41) is 0. The summed E-state index contributed by atoms with van der Waals surface area (Å²) < 4.78 is 0. The highest BCUT2D eigenvalue weighted by Gasteiger charge is 1.99. The Morgan fingerprint density at radius 2 is 2.50 bits per heavy atom. The average molecular weight is 136 g/mol. The van der Waals surface area contributed by atoms with E-state index in [2.05, 4.69) is 4.99 Å². The summed E-state index contributed by atoms with van der Waals surface area (Å²) in [6.45, 7) is 0. The molecule has 1 amide bonds. The molecule has 1 rings (SSSR count). The fourth-order valence-electron chi connectivity index (χ4n) is 0.638. The average Bonchev–Trinajstić information content (AvgIpc) is 2.12. The first-order valence-electron chi connectivity index (χ1n) is 3.00. The van der Waals surface area contributed by atoms with Crippen LogP contribution in [0.2, 0.25) is 0 Å². The third-order valence-corrected chi connectivity index (χ3v) is 1.11. The van der Waals surface area contributed by atoms with Crippen LogP contribution >= 0.6 is 0 Å². The Bertz CT molecular complexity index is 226. The third kappa shape index (κ3) is 1.55. The van der Waals surface area contributed by atoms with Crippen LogP contribution in [0.3, 0.4) is 0 Å². The molecule has 3 nitrogen and oxygen atoms in total. The van der Waals surface area contributed by atoms with Gasteiger partial charge in [0, 0.05) is 12.6 Å². The molecule has 0 fully saturated rings. The van der Waals surface area contributed by atoms with Crippen molar-refractivity contribution in [2.75, 3.05) is 0 Å². The van der Waals surface area contributed by atoms with Gasteiger partial charge in [-0.25, -0.2) is 0 Å². The Morgan fingerprint density at radius 3 is 3.20 bits per heavy atom. The van der Waals surface area contributed by atoms with E-state index in [9.17, 15) is 4.79 Å². The van der Waals surface area contributed by atoms with Gasteiger partial charge in [-0.15, -0.1) is 0 Å². The predicted octanol–water partition coefficient (Wildman–Crippen LogP) is 0.386. The summed E-state index contributed by atoms with van der Waals surface area (Å²) in [4.78, 5) is 14.3. The zero-order valence-electron chi connectivity index (χ0n) is 5.45. The monoisotopic (exact) mass is 136 g/mol. The van der Waals surface area contributed by atoms with Crippen LogP contribution in [0.4, 0.5) is 0 Å². The predicted molar refractivity (Wildman–Crippen MR) is 39.5 cm³/mol. The number of rotatable bonds is 1. The van der Waals surface area contributed by atoms with Crippen molar-refractivity contribution in [3.63, 3.8) is 0 Å². The van der Waals surface area contributed by atoms with E-state index < -0.39 is 5.91 Å². The molecule has 3 heteroatoms. The van der Waals surface area contributed by atoms with Gasteiger partial charge in [0.2, 0.25) is 0 Å². The summed E-state index contributed by atoms with van der Waals surface area (Å²) >= 11 is 0. The van der Waals surface area contributed by atoms with Gasteiger partial charge in [0.15, 0.2) is 0 Å². The van der Waals surface area contributed by atoms with Gasteiger partial charge in [-0.1, -0.05) is 12.2 Å². The molecule has 2 N–H and O–H groups in total. The summed E-state index contributed by atoms with van der Waals surface area (Å²) in [5.74, 6) is -0.484. The van der Waals surface area contributed by atoms with E-state index >= 15 is 0 Å². The minimum absolute atomic E-state index is 0.314. The standard InChI is InChI=1S/C7H8N2O/c8-7(10)6-4-2-1-3-5-9-6/h1-2,4-5H,3H2,(H2,8,10). The molecule has 0 spiro atoms. The van der Waals surface area contributed by atoms with Crippen LogP contribution in [-0.2, 0) is 4.79 Å². The Labute approximate surface area is 58.9 Å². The largest absolute Gasteiger partial charge is 0.364 e. The highest BCUT2D eigenvalue weighted by molar-refractivity contribution is 5.93. The van der Waals surface area contributed by atoms with E-state index in [0.29, 0.717) is 5.70 Å². The van der Waals surface area contributed by atoms with Crippen LogP contribution in [0.5, 0.6) is 0 Å². The SMILES string of the molecule is NC(=O)C1=CC=CCC=N1. The Kier molecular flexibility index (Phi) is 1.99. The maximum Gasteiger partial charge on any atom is 0.267 e. The number of hydrogen-bond acceptors (Lipinski definition) is 2. The fraction of sp³-hybridized carbons (Fsp3) is 0.143. The smallest absolute Gasteiger partial charge is 0.267 e. The van der Waals surface area contributed by atoms with Crippen LogP contribution in [-0.4, -0.2) is 12.1 Å². The highest BCUT2D eigenvalue weighted by Crippen LogP contribution is 1.99.